The highest BCUT2D eigenvalue weighted by atomic mass is 16.3. The maximum absolute atomic E-state index is 11.8. The van der Waals surface area contributed by atoms with Crippen LogP contribution in [-0.2, 0) is 4.79 Å². The van der Waals surface area contributed by atoms with Crippen molar-refractivity contribution in [2.24, 2.45) is 0 Å². The Hall–Kier alpha value is -0.670. The van der Waals surface area contributed by atoms with Gasteiger partial charge in [0, 0.05) is 19.4 Å². The smallest absolute Gasteiger partial charge is 0.135 e. The molecule has 0 saturated carbocycles. The summed E-state index contributed by atoms with van der Waals surface area (Å²) in [7, 11) is 3.83. The molecule has 0 rings (SSSR count). The van der Waals surface area contributed by atoms with Crippen molar-refractivity contribution < 1.29 is 9.90 Å². The third-order valence-corrected chi connectivity index (χ3v) is 4.76. The quantitative estimate of drug-likeness (QED) is 0.228. The summed E-state index contributed by atoms with van der Waals surface area (Å²) in [4.78, 5) is 13.7. The number of hydrogen-bond donors (Lipinski definition) is 1. The fraction of sp³-hybridized carbons (Fsp3) is 0.870. The molecule has 0 aliphatic carbocycles. The number of likely N-dealkylation sites (N-methyl/N-ethyl adjacent to an activating group) is 1. The molecule has 0 saturated heterocycles. The second kappa shape index (κ2) is 19.1. The lowest BCUT2D eigenvalue weighted by Gasteiger charge is -2.14. The van der Waals surface area contributed by atoms with Gasteiger partial charge in [-0.05, 0) is 46.2 Å². The Morgan fingerprint density at radius 3 is 1.88 bits per heavy atom. The van der Waals surface area contributed by atoms with Gasteiger partial charge in [-0.3, -0.25) is 4.79 Å². The monoisotopic (exact) mass is 367 g/mol. The molecule has 3 heteroatoms. The first-order chi connectivity index (χ1) is 12.6. The van der Waals surface area contributed by atoms with Gasteiger partial charge in [-0.25, -0.2) is 0 Å². The lowest BCUT2D eigenvalue weighted by Crippen LogP contribution is -2.27. The van der Waals surface area contributed by atoms with E-state index in [1.807, 2.05) is 19.0 Å². The topological polar surface area (TPSA) is 40.5 Å². The summed E-state index contributed by atoms with van der Waals surface area (Å²) in [6.07, 6.45) is 21.7. The zero-order valence-electron chi connectivity index (χ0n) is 17.8. The second-order valence-electron chi connectivity index (χ2n) is 7.99. The number of unbranched alkanes of at least 4 members (excludes halogenated alkanes) is 11. The molecule has 154 valence electrons. The molecule has 1 N–H and O–H groups in total. The highest BCUT2D eigenvalue weighted by Crippen LogP contribution is 2.11. The Balaban J connectivity index is 3.30. The van der Waals surface area contributed by atoms with Crippen LogP contribution >= 0.6 is 0 Å². The van der Waals surface area contributed by atoms with Gasteiger partial charge >= 0.3 is 0 Å². The van der Waals surface area contributed by atoms with E-state index in [9.17, 15) is 9.90 Å². The molecule has 26 heavy (non-hydrogen) atoms. The van der Waals surface area contributed by atoms with Crippen molar-refractivity contribution >= 4 is 5.78 Å². The van der Waals surface area contributed by atoms with Gasteiger partial charge < -0.3 is 10.0 Å². The van der Waals surface area contributed by atoms with Crippen molar-refractivity contribution in [1.29, 1.82) is 0 Å². The molecule has 0 heterocycles. The highest BCUT2D eigenvalue weighted by Gasteiger charge is 2.11. The van der Waals surface area contributed by atoms with Crippen LogP contribution in [0.2, 0.25) is 0 Å². The van der Waals surface area contributed by atoms with E-state index in [-0.39, 0.29) is 5.78 Å². The lowest BCUT2D eigenvalue weighted by molar-refractivity contribution is -0.121. The minimum atomic E-state index is -0.513. The van der Waals surface area contributed by atoms with Gasteiger partial charge in [0.15, 0.2) is 0 Å². The Kier molecular flexibility index (Phi) is 18.6. The molecule has 0 aliphatic heterocycles. The molecule has 0 aliphatic rings. The van der Waals surface area contributed by atoms with E-state index in [1.165, 1.54) is 70.6 Å². The van der Waals surface area contributed by atoms with Gasteiger partial charge in [0.2, 0.25) is 0 Å². The van der Waals surface area contributed by atoms with E-state index in [0.29, 0.717) is 19.4 Å². The Morgan fingerprint density at radius 2 is 1.35 bits per heavy atom. The molecule has 0 amide bonds. The van der Waals surface area contributed by atoms with Crippen molar-refractivity contribution in [3.05, 3.63) is 12.2 Å². The first kappa shape index (κ1) is 25.3. The number of carbonyl (C=O) groups excluding carboxylic acids is 1. The van der Waals surface area contributed by atoms with Gasteiger partial charge in [-0.1, -0.05) is 70.4 Å². The van der Waals surface area contributed by atoms with E-state index < -0.39 is 6.10 Å². The van der Waals surface area contributed by atoms with E-state index in [0.717, 1.165) is 12.8 Å². The first-order valence-corrected chi connectivity index (χ1v) is 11.1. The molecule has 0 bridgehead atoms. The third kappa shape index (κ3) is 19.7. The molecule has 0 spiro atoms. The molecule has 3 nitrogen and oxygen atoms in total. The number of ketones is 1. The number of allylic oxidation sites excluding steroid dienone is 2. The summed E-state index contributed by atoms with van der Waals surface area (Å²) in [6, 6.07) is 0. The molecule has 0 aromatic carbocycles. The molecule has 1 atom stereocenters. The predicted molar refractivity (Wildman–Crippen MR) is 114 cm³/mol. The van der Waals surface area contributed by atoms with E-state index in [4.69, 9.17) is 0 Å². The molecule has 0 radical (unpaired) electrons. The summed E-state index contributed by atoms with van der Waals surface area (Å²) in [5, 5.41) is 9.75. The maximum atomic E-state index is 11.8. The summed E-state index contributed by atoms with van der Waals surface area (Å²) >= 11 is 0. The highest BCUT2D eigenvalue weighted by molar-refractivity contribution is 5.78. The van der Waals surface area contributed by atoms with Crippen molar-refractivity contribution in [3.8, 4) is 0 Å². The van der Waals surface area contributed by atoms with E-state index in [1.54, 1.807) is 0 Å². The van der Waals surface area contributed by atoms with Gasteiger partial charge in [0.25, 0.3) is 0 Å². The number of rotatable bonds is 19. The Morgan fingerprint density at radius 1 is 0.846 bits per heavy atom. The lowest BCUT2D eigenvalue weighted by atomic mass is 10.0. The third-order valence-electron chi connectivity index (χ3n) is 4.76. The fourth-order valence-electron chi connectivity index (χ4n) is 3.24. The van der Waals surface area contributed by atoms with Gasteiger partial charge in [0.05, 0.1) is 6.10 Å². The number of carbonyl (C=O) groups is 1. The van der Waals surface area contributed by atoms with Crippen LogP contribution in [-0.4, -0.2) is 42.5 Å². The molecule has 0 fully saturated rings. The minimum Gasteiger partial charge on any atom is -0.391 e. The van der Waals surface area contributed by atoms with Crippen molar-refractivity contribution in [2.45, 2.75) is 109 Å². The normalized spacial score (nSPS) is 13.0. The second-order valence-corrected chi connectivity index (χ2v) is 7.99. The average molecular weight is 368 g/mol. The zero-order chi connectivity index (χ0) is 19.5. The van der Waals surface area contributed by atoms with Gasteiger partial charge in [0.1, 0.15) is 5.78 Å². The largest absolute Gasteiger partial charge is 0.391 e. The molecule has 0 aromatic rings. The van der Waals surface area contributed by atoms with Crippen LogP contribution in [0.5, 0.6) is 0 Å². The maximum Gasteiger partial charge on any atom is 0.135 e. The number of Topliss-reactive ketones (excluding diaryl/α,β-unsaturated/α-hetero) is 1. The Labute approximate surface area is 163 Å². The SMILES string of the molecule is CCCCCCCC/C=C\CCCCCCCC(=O)CC(O)CN(C)C. The molecule has 0 aromatic heterocycles. The molecule has 1 unspecified atom stereocenters. The van der Waals surface area contributed by atoms with Crippen LogP contribution in [0.3, 0.4) is 0 Å². The zero-order valence-corrected chi connectivity index (χ0v) is 17.8. The van der Waals surface area contributed by atoms with Crippen LogP contribution in [0.25, 0.3) is 0 Å². The van der Waals surface area contributed by atoms with Gasteiger partial charge in [-0.15, -0.1) is 0 Å². The summed E-state index contributed by atoms with van der Waals surface area (Å²) in [5.41, 5.74) is 0. The van der Waals surface area contributed by atoms with E-state index in [2.05, 4.69) is 19.1 Å². The Bertz CT molecular complexity index is 339. The number of aliphatic hydroxyl groups is 1. The van der Waals surface area contributed by atoms with Gasteiger partial charge in [-0.2, -0.15) is 0 Å². The molecular weight excluding hydrogens is 322 g/mol. The fourth-order valence-corrected chi connectivity index (χ4v) is 3.24. The molecular formula is C23H45NO2. The van der Waals surface area contributed by atoms with E-state index >= 15 is 0 Å². The predicted octanol–water partition coefficient (Wildman–Crippen LogP) is 5.91. The minimum absolute atomic E-state index is 0.206. The van der Waals surface area contributed by atoms with Crippen molar-refractivity contribution in [1.82, 2.24) is 4.90 Å². The summed E-state index contributed by atoms with van der Waals surface area (Å²) in [6.45, 7) is 2.83. The van der Waals surface area contributed by atoms with Crippen molar-refractivity contribution in [2.75, 3.05) is 20.6 Å². The van der Waals surface area contributed by atoms with Crippen LogP contribution < -0.4 is 0 Å². The average Bonchev–Trinajstić information content (AvgIpc) is 2.57. The van der Waals surface area contributed by atoms with Crippen LogP contribution in [0.15, 0.2) is 12.2 Å². The number of hydrogen-bond acceptors (Lipinski definition) is 3. The standard InChI is InChI=1S/C23H45NO2/c1-4-5-6-7-8-9-10-11-12-13-14-15-16-17-18-19-22(25)20-23(26)21-24(2)3/h11-12,23,26H,4-10,13-21H2,1-3H3/b12-11-. The summed E-state index contributed by atoms with van der Waals surface area (Å²) < 4.78 is 0. The van der Waals surface area contributed by atoms with Crippen LogP contribution in [0.1, 0.15) is 103 Å². The number of nitrogens with zero attached hydrogens (tertiary/aromatic N) is 1. The number of aliphatic hydroxyl groups excluding tert-OH is 1. The first-order valence-electron chi connectivity index (χ1n) is 11.1. The van der Waals surface area contributed by atoms with Crippen LogP contribution in [0, 0.1) is 0 Å². The van der Waals surface area contributed by atoms with Crippen LogP contribution in [0.4, 0.5) is 0 Å². The van der Waals surface area contributed by atoms with Crippen molar-refractivity contribution in [3.63, 3.8) is 0 Å². The summed E-state index contributed by atoms with van der Waals surface area (Å²) in [5.74, 6) is 0.206.